The summed E-state index contributed by atoms with van der Waals surface area (Å²) in [4.78, 5) is 25.6. The number of aromatic nitrogens is 2. The van der Waals surface area contributed by atoms with Crippen LogP contribution in [0.5, 0.6) is 0 Å². The minimum Gasteiger partial charge on any atom is -0.351 e. The summed E-state index contributed by atoms with van der Waals surface area (Å²) in [5.74, 6) is 1.29. The minimum atomic E-state index is -0.0639. The fourth-order valence-corrected chi connectivity index (χ4v) is 3.72. The highest BCUT2D eigenvalue weighted by atomic mass is 16.2. The van der Waals surface area contributed by atoms with E-state index in [0.29, 0.717) is 24.4 Å². The van der Waals surface area contributed by atoms with E-state index in [1.54, 1.807) is 16.8 Å². The number of fused-ring (bicyclic) bond motifs is 1. The Morgan fingerprint density at radius 2 is 2.15 bits per heavy atom. The minimum absolute atomic E-state index is 0.0639. The van der Waals surface area contributed by atoms with Crippen LogP contribution in [0.3, 0.4) is 0 Å². The molecule has 0 radical (unpaired) electrons. The van der Waals surface area contributed by atoms with Crippen LogP contribution in [0.1, 0.15) is 45.6 Å². The first kappa shape index (κ1) is 19.4. The van der Waals surface area contributed by atoms with E-state index in [-0.39, 0.29) is 6.03 Å². The molecule has 0 unspecified atom stereocenters. The number of hydrogen-bond donors (Lipinski definition) is 2. The van der Waals surface area contributed by atoms with Crippen LogP contribution >= 0.6 is 0 Å². The van der Waals surface area contributed by atoms with Gasteiger partial charge in [0, 0.05) is 30.5 Å². The Hall–Kier alpha value is -2.41. The monoisotopic (exact) mass is 370 g/mol. The van der Waals surface area contributed by atoms with Crippen LogP contribution in [-0.2, 0) is 6.54 Å². The molecule has 0 aromatic carbocycles. The van der Waals surface area contributed by atoms with Gasteiger partial charge in [-0.05, 0) is 51.8 Å². The molecule has 1 saturated heterocycles. The van der Waals surface area contributed by atoms with Crippen LogP contribution in [0.2, 0.25) is 0 Å². The summed E-state index contributed by atoms with van der Waals surface area (Å²) in [6, 6.07) is 0.313. The number of nitrogens with one attached hydrogen (secondary N) is 2. The molecule has 1 fully saturated rings. The van der Waals surface area contributed by atoms with Crippen molar-refractivity contribution >= 4 is 17.8 Å². The van der Waals surface area contributed by atoms with Crippen molar-refractivity contribution in [3.8, 4) is 0 Å². The standard InChI is InChI=1S/C20H30N6O/c1-5-7-14(3)17(6-2)26-13-15-12-22-19(23-16-8-10-21-11-9-16)24-18(15)25(4)20(26)27/h6-7,12,16,21H,5,8-11,13H2,1-4H3,(H,22,23,24)/b14-7-,17-6+. The first-order valence-electron chi connectivity index (χ1n) is 9.77. The molecule has 0 atom stereocenters. The molecule has 7 heteroatoms. The van der Waals surface area contributed by atoms with Gasteiger partial charge >= 0.3 is 6.03 Å². The Kier molecular flexibility index (Phi) is 6.11. The Morgan fingerprint density at radius 1 is 1.41 bits per heavy atom. The molecule has 3 heterocycles. The van der Waals surface area contributed by atoms with Crippen molar-refractivity contribution in [2.75, 3.05) is 30.4 Å². The number of amides is 2. The zero-order chi connectivity index (χ0) is 19.4. The van der Waals surface area contributed by atoms with E-state index in [4.69, 9.17) is 0 Å². The highest BCUT2D eigenvalue weighted by Crippen LogP contribution is 2.30. The van der Waals surface area contributed by atoms with E-state index in [1.165, 1.54) is 0 Å². The van der Waals surface area contributed by atoms with Crippen molar-refractivity contribution < 1.29 is 4.79 Å². The molecular weight excluding hydrogens is 340 g/mol. The summed E-state index contributed by atoms with van der Waals surface area (Å²) < 4.78 is 0. The van der Waals surface area contributed by atoms with Crippen molar-refractivity contribution in [1.29, 1.82) is 0 Å². The summed E-state index contributed by atoms with van der Waals surface area (Å²) in [5.41, 5.74) is 3.00. The number of piperidine rings is 1. The van der Waals surface area contributed by atoms with Gasteiger partial charge < -0.3 is 10.6 Å². The van der Waals surface area contributed by atoms with E-state index >= 15 is 0 Å². The van der Waals surface area contributed by atoms with Crippen molar-refractivity contribution in [3.63, 3.8) is 0 Å². The smallest absolute Gasteiger partial charge is 0.330 e. The lowest BCUT2D eigenvalue weighted by Crippen LogP contribution is -2.45. The molecule has 2 N–H and O–H groups in total. The predicted octanol–water partition coefficient (Wildman–Crippen LogP) is 3.27. The third-order valence-corrected chi connectivity index (χ3v) is 5.16. The molecule has 0 bridgehead atoms. The molecule has 3 rings (SSSR count). The van der Waals surface area contributed by atoms with Gasteiger partial charge in [0.05, 0.1) is 6.54 Å². The Morgan fingerprint density at radius 3 is 2.81 bits per heavy atom. The van der Waals surface area contributed by atoms with E-state index in [1.807, 2.05) is 26.1 Å². The van der Waals surface area contributed by atoms with Crippen LogP contribution in [-0.4, -0.2) is 47.1 Å². The third-order valence-electron chi connectivity index (χ3n) is 5.16. The van der Waals surface area contributed by atoms with E-state index < -0.39 is 0 Å². The molecule has 146 valence electrons. The molecule has 7 nitrogen and oxygen atoms in total. The maximum absolute atomic E-state index is 13.0. The van der Waals surface area contributed by atoms with Gasteiger partial charge in [-0.1, -0.05) is 19.1 Å². The van der Waals surface area contributed by atoms with Crippen molar-refractivity contribution in [2.24, 2.45) is 0 Å². The zero-order valence-corrected chi connectivity index (χ0v) is 16.7. The van der Waals surface area contributed by atoms with E-state index in [9.17, 15) is 4.79 Å². The first-order chi connectivity index (χ1) is 13.0. The maximum Gasteiger partial charge on any atom is 0.330 e. The zero-order valence-electron chi connectivity index (χ0n) is 16.7. The number of carbonyl (C=O) groups excluding carboxylic acids is 1. The summed E-state index contributed by atoms with van der Waals surface area (Å²) in [6.45, 7) is 8.61. The van der Waals surface area contributed by atoms with Gasteiger partial charge in [-0.25, -0.2) is 9.78 Å². The largest absolute Gasteiger partial charge is 0.351 e. The number of rotatable bonds is 5. The summed E-state index contributed by atoms with van der Waals surface area (Å²) >= 11 is 0. The number of allylic oxidation sites excluding steroid dienone is 3. The van der Waals surface area contributed by atoms with E-state index in [2.05, 4.69) is 33.6 Å². The normalized spacial score (nSPS) is 19.3. The topological polar surface area (TPSA) is 73.4 Å². The maximum atomic E-state index is 13.0. The SMILES string of the molecule is C/C=C(\C(C)=C/CC)N1Cc2cnc(NC3CCNCC3)nc2N(C)C1=O. The number of hydrogen-bond acceptors (Lipinski definition) is 5. The second-order valence-electron chi connectivity index (χ2n) is 7.11. The molecule has 2 aliphatic rings. The summed E-state index contributed by atoms with van der Waals surface area (Å²) in [5, 5.41) is 6.77. The molecular formula is C20H30N6O. The highest BCUT2D eigenvalue weighted by Gasteiger charge is 2.32. The molecule has 27 heavy (non-hydrogen) atoms. The van der Waals surface area contributed by atoms with Crippen LogP contribution < -0.4 is 15.5 Å². The quantitative estimate of drug-likeness (QED) is 0.778. The fourth-order valence-electron chi connectivity index (χ4n) is 3.72. The number of nitrogens with zero attached hydrogens (tertiary/aromatic N) is 4. The van der Waals surface area contributed by atoms with Crippen molar-refractivity contribution in [1.82, 2.24) is 20.2 Å². The van der Waals surface area contributed by atoms with Crippen LogP contribution in [0.15, 0.2) is 29.6 Å². The Labute approximate surface area is 161 Å². The van der Waals surface area contributed by atoms with Crippen molar-refractivity contribution in [3.05, 3.63) is 35.2 Å². The van der Waals surface area contributed by atoms with Crippen molar-refractivity contribution in [2.45, 2.75) is 52.6 Å². The molecule has 0 spiro atoms. The molecule has 0 saturated carbocycles. The number of anilines is 2. The fraction of sp³-hybridized carbons (Fsp3) is 0.550. The van der Waals surface area contributed by atoms with Gasteiger partial charge in [0.2, 0.25) is 5.95 Å². The van der Waals surface area contributed by atoms with Gasteiger partial charge in [-0.15, -0.1) is 0 Å². The van der Waals surface area contributed by atoms with Gasteiger partial charge in [0.15, 0.2) is 0 Å². The first-order valence-corrected chi connectivity index (χ1v) is 9.77. The average molecular weight is 371 g/mol. The Balaban J connectivity index is 1.83. The molecule has 0 aliphatic carbocycles. The second kappa shape index (κ2) is 8.52. The lowest BCUT2D eigenvalue weighted by Gasteiger charge is -2.36. The summed E-state index contributed by atoms with van der Waals surface area (Å²) in [7, 11) is 1.78. The van der Waals surface area contributed by atoms with Gasteiger partial charge in [-0.3, -0.25) is 9.80 Å². The number of urea groups is 1. The van der Waals surface area contributed by atoms with Gasteiger partial charge in [0.1, 0.15) is 5.82 Å². The molecule has 1 aromatic rings. The molecule has 1 aromatic heterocycles. The van der Waals surface area contributed by atoms with Crippen LogP contribution in [0.4, 0.5) is 16.6 Å². The Bertz CT molecular complexity index is 751. The predicted molar refractivity (Wildman–Crippen MR) is 109 cm³/mol. The third kappa shape index (κ3) is 4.13. The second-order valence-corrected chi connectivity index (χ2v) is 7.11. The average Bonchev–Trinajstić information content (AvgIpc) is 2.68. The van der Waals surface area contributed by atoms with Crippen LogP contribution in [0, 0.1) is 0 Å². The number of carbonyl (C=O) groups is 1. The molecule has 2 aliphatic heterocycles. The van der Waals surface area contributed by atoms with Gasteiger partial charge in [0.25, 0.3) is 0 Å². The van der Waals surface area contributed by atoms with Gasteiger partial charge in [-0.2, -0.15) is 4.98 Å². The lowest BCUT2D eigenvalue weighted by molar-refractivity contribution is 0.214. The van der Waals surface area contributed by atoms with Crippen LogP contribution in [0.25, 0.3) is 0 Å². The lowest BCUT2D eigenvalue weighted by atomic mass is 10.1. The van der Waals surface area contributed by atoms with E-state index in [0.717, 1.165) is 49.2 Å². The summed E-state index contributed by atoms with van der Waals surface area (Å²) in [6.07, 6.45) is 9.01. The highest BCUT2D eigenvalue weighted by molar-refractivity contribution is 5.94. The molecule has 2 amide bonds.